The minimum absolute atomic E-state index is 0. The van der Waals surface area contributed by atoms with E-state index >= 15 is 0 Å². The second-order valence-electron chi connectivity index (χ2n) is 2.82. The van der Waals surface area contributed by atoms with E-state index in [9.17, 15) is 19.8 Å². The first kappa shape index (κ1) is 45.2. The molecule has 22 heavy (non-hydrogen) atoms. The van der Waals surface area contributed by atoms with Crippen molar-refractivity contribution in [1.29, 1.82) is 0 Å². The Hall–Kier alpha value is 4.39. The fourth-order valence-corrected chi connectivity index (χ4v) is 0.391. The number of hydrogen-bond acceptors (Lipinski definition) is 9. The number of hydrogen-bond donors (Lipinski definition) is 1. The summed E-state index contributed by atoms with van der Waals surface area (Å²) in [6, 6.07) is -1.21. The summed E-state index contributed by atoms with van der Waals surface area (Å²) in [6.45, 7) is 1.94. The summed E-state index contributed by atoms with van der Waals surface area (Å²) in [5, 5.41) is 37.4. The van der Waals surface area contributed by atoms with E-state index in [1.54, 1.807) is 0 Å². The Labute approximate surface area is 299 Å². The van der Waals surface area contributed by atoms with Gasteiger partial charge < -0.3 is 45.3 Å². The number of carboxylic acids is 4. The van der Waals surface area contributed by atoms with Gasteiger partial charge in [-0.1, -0.05) is 0 Å². The van der Waals surface area contributed by atoms with Crippen molar-refractivity contribution >= 4 is 23.9 Å². The predicted molar refractivity (Wildman–Crippen MR) is 48.6 cm³/mol. The maximum absolute atomic E-state index is 9.86. The molecule has 0 fully saturated rings. The van der Waals surface area contributed by atoms with E-state index in [4.69, 9.17) is 25.5 Å². The minimum atomic E-state index is -1.44. The Morgan fingerprint density at radius 1 is 0.818 bits per heavy atom. The normalized spacial score (nSPS) is 7.95. The van der Waals surface area contributed by atoms with Crippen molar-refractivity contribution in [3.63, 3.8) is 0 Å². The van der Waals surface area contributed by atoms with Crippen LogP contribution in [0.1, 0.15) is 26.7 Å². The largest absolute Gasteiger partial charge is 1.00 e. The van der Waals surface area contributed by atoms with E-state index < -0.39 is 29.9 Å². The number of carboxylic acid groups (broad SMARTS) is 4. The van der Waals surface area contributed by atoms with Gasteiger partial charge in [-0.3, -0.25) is 0 Å². The van der Waals surface area contributed by atoms with Gasteiger partial charge in [0.15, 0.2) is 0 Å². The maximum atomic E-state index is 9.86. The summed E-state index contributed by atoms with van der Waals surface area (Å²) in [7, 11) is 0. The molecule has 2 N–H and O–H groups in total. The van der Waals surface area contributed by atoms with E-state index in [0.717, 1.165) is 13.8 Å². The minimum Gasteiger partial charge on any atom is -0.550 e. The SMILES string of the molecule is CC(=O)[O-].CC(=O)[O-].N[C@@H](CCC(=O)[O-])C(=O)[O-].[K+].[K+].[K+].[K+]. The summed E-state index contributed by atoms with van der Waals surface area (Å²) >= 11 is 0. The van der Waals surface area contributed by atoms with Crippen LogP contribution in [0.25, 0.3) is 0 Å². The zero-order valence-corrected chi connectivity index (χ0v) is 26.3. The smallest absolute Gasteiger partial charge is 0.550 e. The van der Waals surface area contributed by atoms with Gasteiger partial charge in [0.2, 0.25) is 0 Å². The zero-order valence-electron chi connectivity index (χ0n) is 13.8. The van der Waals surface area contributed by atoms with E-state index in [0.29, 0.717) is 0 Å². The third-order valence-electron chi connectivity index (χ3n) is 0.962. The molecule has 0 saturated heterocycles. The molecule has 0 aromatic rings. The number of nitrogens with two attached hydrogens (primary N) is 1. The number of carbonyl (C=O) groups is 4. The molecule has 0 amide bonds. The van der Waals surface area contributed by atoms with Crippen LogP contribution in [-0.2, 0) is 19.2 Å². The third-order valence-corrected chi connectivity index (χ3v) is 0.962. The van der Waals surface area contributed by atoms with Crippen molar-refractivity contribution in [3.05, 3.63) is 0 Å². The first-order chi connectivity index (χ1) is 8.00. The molecule has 0 unspecified atom stereocenters. The fourth-order valence-electron chi connectivity index (χ4n) is 0.391. The molecule has 0 aromatic carbocycles. The van der Waals surface area contributed by atoms with Crippen molar-refractivity contribution in [1.82, 2.24) is 0 Å². The predicted octanol–water partition coefficient (Wildman–Crippen LogP) is -17.9. The summed E-state index contributed by atoms with van der Waals surface area (Å²) in [4.78, 5) is 37.4. The van der Waals surface area contributed by atoms with E-state index in [1.165, 1.54) is 0 Å². The second kappa shape index (κ2) is 33.0. The van der Waals surface area contributed by atoms with Gasteiger partial charge in [0, 0.05) is 23.9 Å². The van der Waals surface area contributed by atoms with Crippen molar-refractivity contribution in [2.24, 2.45) is 5.73 Å². The van der Waals surface area contributed by atoms with Crippen LogP contribution in [0.15, 0.2) is 0 Å². The molecule has 0 aliphatic rings. The van der Waals surface area contributed by atoms with Crippen LogP contribution in [0, 0.1) is 0 Å². The standard InChI is InChI=1S/C5H9NO4.2C2H4O2.4K/c6-3(5(9)10)1-2-4(7)8;2*1-2(3)4;;;;/h3H,1-2,6H2,(H,7,8)(H,9,10);2*1H3,(H,3,4);;;;/q;;;4*+1/p-4/t3-;;;;;;/m0....../s1. The Bertz CT molecular complexity index is 283. The molecule has 13 heteroatoms. The van der Waals surface area contributed by atoms with Gasteiger partial charge in [-0.05, 0) is 26.7 Å². The van der Waals surface area contributed by atoms with Crippen molar-refractivity contribution in [2.75, 3.05) is 0 Å². The van der Waals surface area contributed by atoms with E-state index in [1.807, 2.05) is 0 Å². The van der Waals surface area contributed by atoms with E-state index in [2.05, 4.69) is 0 Å². The molecule has 0 spiro atoms. The molecule has 1 atom stereocenters. The molecule has 9 nitrogen and oxygen atoms in total. The van der Waals surface area contributed by atoms with Gasteiger partial charge in [-0.25, -0.2) is 0 Å². The Morgan fingerprint density at radius 3 is 1.18 bits per heavy atom. The molecule has 0 heterocycles. The van der Waals surface area contributed by atoms with Crippen LogP contribution < -0.4 is 232 Å². The fraction of sp³-hybridized carbons (Fsp3) is 0.556. The van der Waals surface area contributed by atoms with Crippen LogP contribution in [0.3, 0.4) is 0 Å². The van der Waals surface area contributed by atoms with Gasteiger partial charge in [0.05, 0.1) is 5.97 Å². The first-order valence-corrected chi connectivity index (χ1v) is 4.52. The Balaban J connectivity index is -0.0000000325. The van der Waals surface area contributed by atoms with Gasteiger partial charge in [0.1, 0.15) is 0 Å². The topological polar surface area (TPSA) is 187 Å². The third kappa shape index (κ3) is 74.4. The molecule has 0 aliphatic heterocycles. The van der Waals surface area contributed by atoms with Crippen molar-refractivity contribution in [3.8, 4) is 0 Å². The van der Waals surface area contributed by atoms with Gasteiger partial charge >= 0.3 is 206 Å². The van der Waals surface area contributed by atoms with Crippen LogP contribution in [0.5, 0.6) is 0 Å². The van der Waals surface area contributed by atoms with Gasteiger partial charge in [-0.2, -0.15) is 0 Å². The van der Waals surface area contributed by atoms with E-state index in [-0.39, 0.29) is 218 Å². The first-order valence-electron chi connectivity index (χ1n) is 4.52. The summed E-state index contributed by atoms with van der Waals surface area (Å²) in [5.41, 5.74) is 4.91. The van der Waals surface area contributed by atoms with Gasteiger partial charge in [0.25, 0.3) is 0 Å². The summed E-state index contributed by atoms with van der Waals surface area (Å²) < 4.78 is 0. The van der Waals surface area contributed by atoms with Crippen LogP contribution in [0.2, 0.25) is 0 Å². The molecule has 106 valence electrons. The maximum Gasteiger partial charge on any atom is 1.00 e. The monoisotopic (exact) mass is 419 g/mol. The number of carbonyl (C=O) groups excluding carboxylic acids is 4. The average molecular weight is 420 g/mol. The quantitative estimate of drug-likeness (QED) is 0.431. The van der Waals surface area contributed by atoms with Crippen LogP contribution in [-0.4, -0.2) is 29.9 Å². The molecule has 0 bridgehead atoms. The Kier molecular flexibility index (Phi) is 67.9. The number of aliphatic carboxylic acids is 4. The molecular weight excluding hydrogens is 406 g/mol. The van der Waals surface area contributed by atoms with Crippen LogP contribution in [0.4, 0.5) is 0 Å². The summed E-state index contributed by atoms with van der Waals surface area (Å²) in [6.07, 6.45) is -0.500. The van der Waals surface area contributed by atoms with Crippen molar-refractivity contribution in [2.45, 2.75) is 32.7 Å². The zero-order chi connectivity index (χ0) is 15.3. The average Bonchev–Trinajstić information content (AvgIpc) is 2.11. The molecule has 0 rings (SSSR count). The molecule has 0 aromatic heterocycles. The second-order valence-corrected chi connectivity index (χ2v) is 2.82. The summed E-state index contributed by atoms with van der Waals surface area (Å²) in [5.74, 6) is -4.92. The molecular formula is C9H13K4NO8. The van der Waals surface area contributed by atoms with Crippen molar-refractivity contribution < 1.29 is 245 Å². The molecule has 0 saturated carbocycles. The molecule has 0 radical (unpaired) electrons. The Morgan fingerprint density at radius 2 is 1.05 bits per heavy atom. The molecule has 0 aliphatic carbocycles. The van der Waals surface area contributed by atoms with Gasteiger partial charge in [-0.15, -0.1) is 0 Å². The number of rotatable bonds is 4. The van der Waals surface area contributed by atoms with Crippen LogP contribution >= 0.6 is 0 Å².